The van der Waals surface area contributed by atoms with Crippen molar-refractivity contribution < 1.29 is 14.1 Å². The molecule has 1 aromatic rings. The topological polar surface area (TPSA) is 100 Å². The average Bonchev–Trinajstić information content (AvgIpc) is 3.35. The third-order valence-corrected chi connectivity index (χ3v) is 5.51. The van der Waals surface area contributed by atoms with Crippen molar-refractivity contribution in [1.82, 2.24) is 25.7 Å². The van der Waals surface area contributed by atoms with Gasteiger partial charge in [0, 0.05) is 37.9 Å². The first kappa shape index (κ1) is 20.8. The summed E-state index contributed by atoms with van der Waals surface area (Å²) in [4.78, 5) is 31.1. The Morgan fingerprint density at radius 3 is 2.79 bits per heavy atom. The van der Waals surface area contributed by atoms with Crippen molar-refractivity contribution in [2.75, 3.05) is 26.2 Å². The second-order valence-electron chi connectivity index (χ2n) is 9.00. The highest BCUT2D eigenvalue weighted by atomic mass is 16.5. The molecule has 1 aromatic heterocycles. The molecule has 0 aromatic carbocycles. The molecule has 2 amide bonds. The Morgan fingerprint density at radius 1 is 1.29 bits per heavy atom. The number of hydrogen-bond acceptors (Lipinski definition) is 6. The van der Waals surface area contributed by atoms with Crippen molar-refractivity contribution in [1.29, 1.82) is 0 Å². The first-order valence-electron chi connectivity index (χ1n) is 10.4. The highest BCUT2D eigenvalue weighted by Crippen LogP contribution is 2.20. The Morgan fingerprint density at radius 2 is 2.11 bits per heavy atom. The lowest BCUT2D eigenvalue weighted by Gasteiger charge is -2.33. The maximum atomic E-state index is 12.6. The van der Waals surface area contributed by atoms with Crippen LogP contribution in [0.4, 0.5) is 0 Å². The maximum absolute atomic E-state index is 12.6. The standard InChI is InChI=1S/C20H33N5O3/c1-20(2,3)19-23-16(28-24-19)8-9-17(26)25-11-5-6-14(13-25)12-22-18(27)15-7-4-10-21-15/h14-15,21H,4-13H2,1-3H3,(H,22,27). The van der Waals surface area contributed by atoms with E-state index in [1.54, 1.807) is 0 Å². The number of rotatable bonds is 6. The molecule has 0 saturated carbocycles. The predicted molar refractivity (Wildman–Crippen MR) is 105 cm³/mol. The molecule has 2 fully saturated rings. The minimum atomic E-state index is -0.162. The molecule has 2 aliphatic heterocycles. The van der Waals surface area contributed by atoms with Crippen molar-refractivity contribution in [3.8, 4) is 0 Å². The minimum absolute atomic E-state index is 0.0475. The molecule has 8 heteroatoms. The van der Waals surface area contributed by atoms with Crippen LogP contribution in [-0.2, 0) is 21.4 Å². The third-order valence-electron chi connectivity index (χ3n) is 5.51. The van der Waals surface area contributed by atoms with Gasteiger partial charge >= 0.3 is 0 Å². The molecule has 0 spiro atoms. The SMILES string of the molecule is CC(C)(C)c1noc(CCC(=O)N2CCCC(CNC(=O)C3CCCN3)C2)n1. The first-order valence-corrected chi connectivity index (χ1v) is 10.4. The van der Waals surface area contributed by atoms with Gasteiger partial charge in [-0.05, 0) is 38.1 Å². The van der Waals surface area contributed by atoms with Gasteiger partial charge in [0.15, 0.2) is 5.82 Å². The zero-order valence-corrected chi connectivity index (χ0v) is 17.3. The van der Waals surface area contributed by atoms with E-state index in [9.17, 15) is 9.59 Å². The van der Waals surface area contributed by atoms with E-state index >= 15 is 0 Å². The maximum Gasteiger partial charge on any atom is 0.237 e. The van der Waals surface area contributed by atoms with Gasteiger partial charge in [0.05, 0.1) is 6.04 Å². The molecule has 3 rings (SSSR count). The number of amides is 2. The van der Waals surface area contributed by atoms with Crippen molar-refractivity contribution in [2.45, 2.75) is 70.8 Å². The zero-order chi connectivity index (χ0) is 20.1. The molecule has 8 nitrogen and oxygen atoms in total. The summed E-state index contributed by atoms with van der Waals surface area (Å²) in [5, 5.41) is 10.3. The summed E-state index contributed by atoms with van der Waals surface area (Å²) in [6.45, 7) is 9.13. The van der Waals surface area contributed by atoms with Crippen LogP contribution in [0.5, 0.6) is 0 Å². The molecule has 2 aliphatic rings. The van der Waals surface area contributed by atoms with E-state index < -0.39 is 0 Å². The Labute approximate surface area is 166 Å². The number of aromatic nitrogens is 2. The van der Waals surface area contributed by atoms with Crippen LogP contribution in [0.25, 0.3) is 0 Å². The molecule has 3 heterocycles. The lowest BCUT2D eigenvalue weighted by Crippen LogP contribution is -2.46. The Hall–Kier alpha value is -1.96. The van der Waals surface area contributed by atoms with Gasteiger partial charge in [0.25, 0.3) is 0 Å². The summed E-state index contributed by atoms with van der Waals surface area (Å²) in [5.41, 5.74) is -0.162. The summed E-state index contributed by atoms with van der Waals surface area (Å²) in [6.07, 6.45) is 4.82. The van der Waals surface area contributed by atoms with Gasteiger partial charge in [0.1, 0.15) is 0 Å². The number of carbonyl (C=O) groups excluding carboxylic acids is 2. The average molecular weight is 392 g/mol. The van der Waals surface area contributed by atoms with E-state index in [4.69, 9.17) is 4.52 Å². The van der Waals surface area contributed by atoms with Gasteiger partial charge in [-0.3, -0.25) is 9.59 Å². The van der Waals surface area contributed by atoms with Crippen LogP contribution >= 0.6 is 0 Å². The van der Waals surface area contributed by atoms with Gasteiger partial charge in [-0.15, -0.1) is 0 Å². The molecule has 2 N–H and O–H groups in total. The normalized spacial score (nSPS) is 23.0. The highest BCUT2D eigenvalue weighted by molar-refractivity contribution is 5.82. The molecule has 2 saturated heterocycles. The second-order valence-corrected chi connectivity index (χ2v) is 9.00. The number of likely N-dealkylation sites (tertiary alicyclic amines) is 1. The molecule has 2 unspecified atom stereocenters. The molecule has 0 bridgehead atoms. The molecule has 156 valence electrons. The number of aryl methyl sites for hydroxylation is 1. The largest absolute Gasteiger partial charge is 0.354 e. The van der Waals surface area contributed by atoms with Crippen LogP contribution in [0, 0.1) is 5.92 Å². The van der Waals surface area contributed by atoms with E-state index in [0.717, 1.165) is 38.8 Å². The van der Waals surface area contributed by atoms with Crippen molar-refractivity contribution in [3.63, 3.8) is 0 Å². The van der Waals surface area contributed by atoms with E-state index in [1.807, 2.05) is 25.7 Å². The first-order chi connectivity index (χ1) is 13.3. The number of carbonyl (C=O) groups is 2. The summed E-state index contributed by atoms with van der Waals surface area (Å²) >= 11 is 0. The van der Waals surface area contributed by atoms with Gasteiger partial charge in [0.2, 0.25) is 17.7 Å². The Balaban J connectivity index is 1.42. The number of hydrogen-bond donors (Lipinski definition) is 2. The van der Waals surface area contributed by atoms with Crippen LogP contribution in [0.15, 0.2) is 4.52 Å². The third kappa shape index (κ3) is 5.53. The van der Waals surface area contributed by atoms with Crippen LogP contribution in [-0.4, -0.2) is 59.1 Å². The fourth-order valence-corrected chi connectivity index (χ4v) is 3.77. The van der Waals surface area contributed by atoms with E-state index in [-0.39, 0.29) is 23.3 Å². The van der Waals surface area contributed by atoms with Gasteiger partial charge in [-0.2, -0.15) is 4.98 Å². The van der Waals surface area contributed by atoms with Crippen molar-refractivity contribution in [2.24, 2.45) is 5.92 Å². The van der Waals surface area contributed by atoms with Crippen molar-refractivity contribution >= 4 is 11.8 Å². The smallest absolute Gasteiger partial charge is 0.237 e. The Bertz CT molecular complexity index is 676. The quantitative estimate of drug-likeness (QED) is 0.760. The van der Waals surface area contributed by atoms with Crippen LogP contribution < -0.4 is 10.6 Å². The van der Waals surface area contributed by atoms with Gasteiger partial charge < -0.3 is 20.1 Å². The van der Waals surface area contributed by atoms with Crippen LogP contribution in [0.3, 0.4) is 0 Å². The number of nitrogens with zero attached hydrogens (tertiary/aromatic N) is 3. The number of piperidine rings is 1. The van der Waals surface area contributed by atoms with Gasteiger partial charge in [-0.25, -0.2) is 0 Å². The fourth-order valence-electron chi connectivity index (χ4n) is 3.77. The predicted octanol–water partition coefficient (Wildman–Crippen LogP) is 1.41. The van der Waals surface area contributed by atoms with E-state index in [0.29, 0.717) is 43.6 Å². The molecule has 0 aliphatic carbocycles. The zero-order valence-electron chi connectivity index (χ0n) is 17.3. The molecule has 0 radical (unpaired) electrons. The van der Waals surface area contributed by atoms with E-state index in [1.165, 1.54) is 0 Å². The van der Waals surface area contributed by atoms with Crippen LogP contribution in [0.1, 0.15) is 64.6 Å². The molecule has 28 heavy (non-hydrogen) atoms. The van der Waals surface area contributed by atoms with Crippen molar-refractivity contribution in [3.05, 3.63) is 11.7 Å². The lowest BCUT2D eigenvalue weighted by molar-refractivity contribution is -0.133. The molecular weight excluding hydrogens is 358 g/mol. The fraction of sp³-hybridized carbons (Fsp3) is 0.800. The number of nitrogens with one attached hydrogen (secondary N) is 2. The van der Waals surface area contributed by atoms with Crippen LogP contribution in [0.2, 0.25) is 0 Å². The second kappa shape index (κ2) is 9.03. The minimum Gasteiger partial charge on any atom is -0.354 e. The lowest BCUT2D eigenvalue weighted by atomic mass is 9.96. The summed E-state index contributed by atoms with van der Waals surface area (Å²) < 4.78 is 5.28. The summed E-state index contributed by atoms with van der Waals surface area (Å²) in [6, 6.07) is -0.0475. The van der Waals surface area contributed by atoms with Gasteiger partial charge in [-0.1, -0.05) is 25.9 Å². The highest BCUT2D eigenvalue weighted by Gasteiger charge is 2.27. The molecular formula is C20H33N5O3. The van der Waals surface area contributed by atoms with E-state index in [2.05, 4.69) is 20.8 Å². The summed E-state index contributed by atoms with van der Waals surface area (Å²) in [7, 11) is 0. The Kier molecular flexibility index (Phi) is 6.69. The molecule has 2 atom stereocenters. The monoisotopic (exact) mass is 391 g/mol. The summed E-state index contributed by atoms with van der Waals surface area (Å²) in [5.74, 6) is 1.71.